The Hall–Kier alpha value is -4.79. The predicted molar refractivity (Wildman–Crippen MR) is 183 cm³/mol. The van der Waals surface area contributed by atoms with Crippen LogP contribution in [-0.2, 0) is 10.9 Å². The van der Waals surface area contributed by atoms with Crippen molar-refractivity contribution >= 4 is 52.4 Å². The first kappa shape index (κ1) is 34.1. The molecule has 9 nitrogen and oxygen atoms in total. The number of benzene rings is 4. The van der Waals surface area contributed by atoms with E-state index in [1.165, 1.54) is 35.7 Å². The largest absolute Gasteiger partial charge is 0.417 e. The number of anilines is 2. The Morgan fingerprint density at radius 2 is 1.39 bits per heavy atom. The number of azo groups is 1. The summed E-state index contributed by atoms with van der Waals surface area (Å²) >= 11 is 2.70. The lowest BCUT2D eigenvalue weighted by Crippen LogP contribution is -2.36. The van der Waals surface area contributed by atoms with Crippen LogP contribution in [0, 0.1) is 13.8 Å². The van der Waals surface area contributed by atoms with Crippen molar-refractivity contribution in [1.82, 2.24) is 15.0 Å². The fraction of sp³-hybridized carbons (Fsp3) is 0.200. The number of nitrogens with one attached hydrogen (secondary N) is 1. The minimum absolute atomic E-state index is 0.0242. The molecular formula is C35H30F3N7O2S2. The van der Waals surface area contributed by atoms with Crippen molar-refractivity contribution in [2.45, 2.75) is 40.1 Å². The number of morpholine rings is 1. The Bertz CT molecular complexity index is 1900. The van der Waals surface area contributed by atoms with Gasteiger partial charge in [0.05, 0.1) is 30.0 Å². The summed E-state index contributed by atoms with van der Waals surface area (Å²) in [5.41, 5.74) is 1.81. The van der Waals surface area contributed by atoms with Gasteiger partial charge in [-0.15, -0.1) is 10.2 Å². The van der Waals surface area contributed by atoms with E-state index in [0.717, 1.165) is 38.7 Å². The SMILES string of the molecule is Cc1ccc(Sc2nc(N=Nc3ccc(N4CCOCC4)cc3NC(=O)c3ccccc3C(F)(F)F)nc(Sc3ccc(C)cc3)n2)cc1. The van der Waals surface area contributed by atoms with Gasteiger partial charge in [0, 0.05) is 28.6 Å². The van der Waals surface area contributed by atoms with Crippen LogP contribution in [0.2, 0.25) is 0 Å². The maximum Gasteiger partial charge on any atom is 0.417 e. The molecule has 1 amide bonds. The number of alkyl halides is 3. The molecule has 1 aromatic heterocycles. The smallest absolute Gasteiger partial charge is 0.378 e. The number of aryl methyl sites for hydroxylation is 2. The molecular weight excluding hydrogens is 672 g/mol. The van der Waals surface area contributed by atoms with E-state index in [1.54, 1.807) is 12.1 Å². The van der Waals surface area contributed by atoms with Gasteiger partial charge >= 0.3 is 6.18 Å². The molecule has 4 aromatic carbocycles. The Kier molecular flexibility index (Phi) is 10.6. The van der Waals surface area contributed by atoms with Crippen LogP contribution in [0.15, 0.2) is 121 Å². The third kappa shape index (κ3) is 9.02. The molecule has 0 bridgehead atoms. The summed E-state index contributed by atoms with van der Waals surface area (Å²) in [4.78, 5) is 30.9. The molecule has 1 saturated heterocycles. The highest BCUT2D eigenvalue weighted by Crippen LogP contribution is 2.36. The van der Waals surface area contributed by atoms with E-state index in [9.17, 15) is 18.0 Å². The number of carbonyl (C=O) groups is 1. The zero-order valence-electron chi connectivity index (χ0n) is 26.4. The number of halogens is 3. The van der Waals surface area contributed by atoms with E-state index in [1.807, 2.05) is 68.4 Å². The summed E-state index contributed by atoms with van der Waals surface area (Å²) in [5.74, 6) is -0.909. The Balaban J connectivity index is 1.35. The van der Waals surface area contributed by atoms with Gasteiger partial charge in [-0.1, -0.05) is 47.5 Å². The Morgan fingerprint density at radius 1 is 0.796 bits per heavy atom. The fourth-order valence-corrected chi connectivity index (χ4v) is 6.38. The Labute approximate surface area is 289 Å². The molecule has 0 atom stereocenters. The van der Waals surface area contributed by atoms with Crippen LogP contribution in [0.5, 0.6) is 0 Å². The zero-order valence-corrected chi connectivity index (χ0v) is 28.1. The monoisotopic (exact) mass is 701 g/mol. The molecule has 1 fully saturated rings. The first-order valence-corrected chi connectivity index (χ1v) is 16.9. The summed E-state index contributed by atoms with van der Waals surface area (Å²) in [6.45, 7) is 6.27. The lowest BCUT2D eigenvalue weighted by molar-refractivity contribution is -0.137. The van der Waals surface area contributed by atoms with E-state index in [0.29, 0.717) is 36.6 Å². The number of rotatable bonds is 9. The second-order valence-corrected chi connectivity index (χ2v) is 13.1. The summed E-state index contributed by atoms with van der Waals surface area (Å²) < 4.78 is 46.8. The second kappa shape index (κ2) is 15.2. The fourth-order valence-electron chi connectivity index (χ4n) is 4.83. The minimum Gasteiger partial charge on any atom is -0.378 e. The number of aromatic nitrogens is 3. The molecule has 1 N–H and O–H groups in total. The van der Waals surface area contributed by atoms with Crippen LogP contribution in [0.3, 0.4) is 0 Å². The van der Waals surface area contributed by atoms with Gasteiger partial charge in [0.2, 0.25) is 0 Å². The molecule has 0 radical (unpaired) electrons. The lowest BCUT2D eigenvalue weighted by Gasteiger charge is -2.29. The molecule has 14 heteroatoms. The zero-order chi connectivity index (χ0) is 34.4. The third-order valence-corrected chi connectivity index (χ3v) is 9.12. The van der Waals surface area contributed by atoms with Crippen LogP contribution in [0.4, 0.5) is 36.2 Å². The van der Waals surface area contributed by atoms with Gasteiger partial charge in [-0.25, -0.2) is 0 Å². The topological polar surface area (TPSA) is 105 Å². The summed E-state index contributed by atoms with van der Waals surface area (Å²) in [5, 5.41) is 12.1. The average Bonchev–Trinajstić information content (AvgIpc) is 3.09. The van der Waals surface area contributed by atoms with Crippen LogP contribution in [-0.4, -0.2) is 47.2 Å². The van der Waals surface area contributed by atoms with Crippen LogP contribution >= 0.6 is 23.5 Å². The molecule has 0 spiro atoms. The predicted octanol–water partition coefficient (Wildman–Crippen LogP) is 9.31. The van der Waals surface area contributed by atoms with Gasteiger partial charge in [-0.3, -0.25) is 4.79 Å². The maximum atomic E-state index is 13.8. The van der Waals surface area contributed by atoms with Gasteiger partial charge in [0.1, 0.15) is 5.69 Å². The van der Waals surface area contributed by atoms with Crippen LogP contribution in [0.1, 0.15) is 27.0 Å². The molecule has 2 heterocycles. The summed E-state index contributed by atoms with van der Waals surface area (Å²) in [6, 6.07) is 25.6. The van der Waals surface area contributed by atoms with E-state index in [-0.39, 0.29) is 17.3 Å². The number of ether oxygens (including phenoxy) is 1. The van der Waals surface area contributed by atoms with E-state index in [4.69, 9.17) is 4.74 Å². The molecule has 1 aliphatic rings. The molecule has 0 aliphatic carbocycles. The number of nitrogens with zero attached hydrogens (tertiary/aromatic N) is 6. The van der Waals surface area contributed by atoms with Crippen molar-refractivity contribution in [3.63, 3.8) is 0 Å². The number of amides is 1. The van der Waals surface area contributed by atoms with Crippen molar-refractivity contribution in [1.29, 1.82) is 0 Å². The van der Waals surface area contributed by atoms with Gasteiger partial charge in [0.15, 0.2) is 10.3 Å². The lowest BCUT2D eigenvalue weighted by atomic mass is 10.1. The van der Waals surface area contributed by atoms with E-state index in [2.05, 4.69) is 35.4 Å². The first-order valence-electron chi connectivity index (χ1n) is 15.2. The van der Waals surface area contributed by atoms with Gasteiger partial charge in [0.25, 0.3) is 11.9 Å². The summed E-state index contributed by atoms with van der Waals surface area (Å²) in [6.07, 6.45) is -4.71. The molecule has 5 aromatic rings. The number of hydrogen-bond acceptors (Lipinski definition) is 10. The second-order valence-electron chi connectivity index (χ2n) is 11.0. The molecule has 6 rings (SSSR count). The highest BCUT2D eigenvalue weighted by Gasteiger charge is 2.35. The van der Waals surface area contributed by atoms with E-state index < -0.39 is 23.2 Å². The van der Waals surface area contributed by atoms with Gasteiger partial charge < -0.3 is 15.0 Å². The number of carbonyl (C=O) groups excluding carboxylic acids is 1. The highest BCUT2D eigenvalue weighted by atomic mass is 32.2. The Morgan fingerprint density at radius 3 is 1.98 bits per heavy atom. The molecule has 250 valence electrons. The molecule has 1 aliphatic heterocycles. The average molecular weight is 702 g/mol. The minimum atomic E-state index is -4.71. The standard InChI is InChI=1S/C35H30F3N7O2S2/c1-22-7-12-25(13-8-22)48-33-40-32(41-34(42-33)49-26-14-9-23(2)10-15-26)44-43-29-16-11-24(45-17-19-47-20-18-45)21-30(29)39-31(46)27-5-3-4-6-28(27)35(36,37)38/h3-16,21H,17-20H2,1-2H3,(H,39,46). The molecule has 0 unspecified atom stereocenters. The normalized spacial score (nSPS) is 13.5. The van der Waals surface area contributed by atoms with Crippen molar-refractivity contribution < 1.29 is 22.7 Å². The molecule has 0 saturated carbocycles. The summed E-state index contributed by atoms with van der Waals surface area (Å²) in [7, 11) is 0. The highest BCUT2D eigenvalue weighted by molar-refractivity contribution is 7.99. The van der Waals surface area contributed by atoms with Crippen molar-refractivity contribution in [2.24, 2.45) is 10.2 Å². The number of hydrogen-bond donors (Lipinski definition) is 1. The quantitative estimate of drug-likeness (QED) is 0.152. The maximum absolute atomic E-state index is 13.8. The van der Waals surface area contributed by atoms with Crippen molar-refractivity contribution in [3.8, 4) is 0 Å². The van der Waals surface area contributed by atoms with Gasteiger partial charge in [-0.05, 0) is 92.0 Å². The van der Waals surface area contributed by atoms with Crippen LogP contribution < -0.4 is 10.2 Å². The van der Waals surface area contributed by atoms with Crippen molar-refractivity contribution in [3.05, 3.63) is 113 Å². The molecule has 49 heavy (non-hydrogen) atoms. The van der Waals surface area contributed by atoms with Gasteiger partial charge in [-0.2, -0.15) is 28.1 Å². The van der Waals surface area contributed by atoms with Crippen LogP contribution in [0.25, 0.3) is 0 Å². The van der Waals surface area contributed by atoms with E-state index >= 15 is 0 Å². The first-order chi connectivity index (χ1) is 23.6. The van der Waals surface area contributed by atoms with Crippen molar-refractivity contribution in [2.75, 3.05) is 36.5 Å². The third-order valence-electron chi connectivity index (χ3n) is 7.37.